The highest BCUT2D eigenvalue weighted by Gasteiger charge is 2.31. The summed E-state index contributed by atoms with van der Waals surface area (Å²) in [6.07, 6.45) is 1.61. The van der Waals surface area contributed by atoms with Crippen LogP contribution in [0.3, 0.4) is 0 Å². The van der Waals surface area contributed by atoms with E-state index in [0.29, 0.717) is 31.0 Å². The second kappa shape index (κ2) is 5.48. The van der Waals surface area contributed by atoms with Crippen molar-refractivity contribution in [3.05, 3.63) is 35.6 Å². The second-order valence-corrected chi connectivity index (χ2v) is 5.05. The van der Waals surface area contributed by atoms with Gasteiger partial charge in [0, 0.05) is 12.1 Å². The zero-order valence-corrected chi connectivity index (χ0v) is 10.5. The van der Waals surface area contributed by atoms with E-state index in [-0.39, 0.29) is 5.82 Å². The summed E-state index contributed by atoms with van der Waals surface area (Å²) in [5.74, 6) is -0.652. The van der Waals surface area contributed by atoms with Gasteiger partial charge in [-0.3, -0.25) is 9.69 Å². The summed E-state index contributed by atoms with van der Waals surface area (Å²) in [4.78, 5) is 13.1. The summed E-state index contributed by atoms with van der Waals surface area (Å²) in [6, 6.07) is 6.06. The molecule has 1 aromatic carbocycles. The zero-order chi connectivity index (χ0) is 13.1. The van der Waals surface area contributed by atoms with E-state index in [9.17, 15) is 14.3 Å². The first-order valence-electron chi connectivity index (χ1n) is 6.28. The molecular formula is C14H18FNO2. The molecule has 0 aromatic heterocycles. The SMILES string of the molecule is CC1CCN(Cc2ccccc2F)C(C(=O)O)C1. The van der Waals surface area contributed by atoms with E-state index in [1.165, 1.54) is 6.07 Å². The Balaban J connectivity index is 2.12. The predicted octanol–water partition coefficient (Wildman–Crippen LogP) is 2.51. The molecule has 0 bridgehead atoms. The Hall–Kier alpha value is -1.42. The summed E-state index contributed by atoms with van der Waals surface area (Å²) in [6.45, 7) is 3.15. The molecule has 0 aliphatic carbocycles. The van der Waals surface area contributed by atoms with Crippen molar-refractivity contribution in [3.8, 4) is 0 Å². The Morgan fingerprint density at radius 3 is 2.89 bits per heavy atom. The number of nitrogens with zero attached hydrogens (tertiary/aromatic N) is 1. The molecule has 1 fully saturated rings. The standard InChI is InChI=1S/C14H18FNO2/c1-10-6-7-16(13(8-10)14(17)18)9-11-4-2-3-5-12(11)15/h2-5,10,13H,6-9H2,1H3,(H,17,18). The molecule has 1 aliphatic rings. The number of halogens is 1. The minimum Gasteiger partial charge on any atom is -0.480 e. The normalized spacial score (nSPS) is 25.0. The smallest absolute Gasteiger partial charge is 0.320 e. The van der Waals surface area contributed by atoms with E-state index >= 15 is 0 Å². The number of rotatable bonds is 3. The lowest BCUT2D eigenvalue weighted by Gasteiger charge is -2.36. The van der Waals surface area contributed by atoms with Crippen LogP contribution in [0.4, 0.5) is 4.39 Å². The van der Waals surface area contributed by atoms with E-state index < -0.39 is 12.0 Å². The maximum absolute atomic E-state index is 13.6. The van der Waals surface area contributed by atoms with Gasteiger partial charge in [0.1, 0.15) is 11.9 Å². The molecule has 1 heterocycles. The first-order chi connectivity index (χ1) is 8.58. The molecule has 2 atom stereocenters. The molecule has 0 radical (unpaired) electrons. The number of benzene rings is 1. The Morgan fingerprint density at radius 2 is 2.22 bits per heavy atom. The van der Waals surface area contributed by atoms with Crippen molar-refractivity contribution < 1.29 is 14.3 Å². The minimum absolute atomic E-state index is 0.264. The minimum atomic E-state index is -0.808. The Morgan fingerprint density at radius 1 is 1.50 bits per heavy atom. The monoisotopic (exact) mass is 251 g/mol. The van der Waals surface area contributed by atoms with Crippen LogP contribution in [0.15, 0.2) is 24.3 Å². The lowest BCUT2D eigenvalue weighted by molar-refractivity contribution is -0.145. The molecular weight excluding hydrogens is 233 g/mol. The van der Waals surface area contributed by atoms with Crippen LogP contribution in [0, 0.1) is 11.7 Å². The van der Waals surface area contributed by atoms with E-state index in [1.807, 2.05) is 4.90 Å². The fourth-order valence-corrected chi connectivity index (χ4v) is 2.48. The fourth-order valence-electron chi connectivity index (χ4n) is 2.48. The summed E-state index contributed by atoms with van der Waals surface area (Å²) in [5.41, 5.74) is 0.568. The molecule has 2 unspecified atom stereocenters. The number of aliphatic carboxylic acids is 1. The maximum atomic E-state index is 13.6. The van der Waals surface area contributed by atoms with E-state index in [1.54, 1.807) is 18.2 Å². The van der Waals surface area contributed by atoms with Crippen LogP contribution in [0.1, 0.15) is 25.3 Å². The molecule has 1 N–H and O–H groups in total. The van der Waals surface area contributed by atoms with Crippen LogP contribution in [0.5, 0.6) is 0 Å². The topological polar surface area (TPSA) is 40.5 Å². The first kappa shape index (κ1) is 13.0. The van der Waals surface area contributed by atoms with Crippen molar-refractivity contribution in [2.45, 2.75) is 32.4 Å². The van der Waals surface area contributed by atoms with Gasteiger partial charge in [0.15, 0.2) is 0 Å². The molecule has 0 saturated carbocycles. The van der Waals surface area contributed by atoms with E-state index in [0.717, 1.165) is 6.42 Å². The van der Waals surface area contributed by atoms with Gasteiger partial charge in [-0.25, -0.2) is 4.39 Å². The highest BCUT2D eigenvalue weighted by atomic mass is 19.1. The average Bonchev–Trinajstić information content (AvgIpc) is 2.34. The van der Waals surface area contributed by atoms with Crippen LogP contribution in [0.25, 0.3) is 0 Å². The first-order valence-corrected chi connectivity index (χ1v) is 6.28. The summed E-state index contributed by atoms with van der Waals surface area (Å²) >= 11 is 0. The Bertz CT molecular complexity index is 436. The van der Waals surface area contributed by atoms with Gasteiger partial charge in [0.2, 0.25) is 0 Å². The van der Waals surface area contributed by atoms with Crippen molar-refractivity contribution >= 4 is 5.97 Å². The number of hydrogen-bond acceptors (Lipinski definition) is 2. The average molecular weight is 251 g/mol. The fraction of sp³-hybridized carbons (Fsp3) is 0.500. The quantitative estimate of drug-likeness (QED) is 0.897. The Labute approximate surface area is 106 Å². The molecule has 1 saturated heterocycles. The van der Waals surface area contributed by atoms with E-state index in [2.05, 4.69) is 6.92 Å². The van der Waals surface area contributed by atoms with Crippen LogP contribution >= 0.6 is 0 Å². The molecule has 2 rings (SSSR count). The highest BCUT2D eigenvalue weighted by Crippen LogP contribution is 2.24. The molecule has 0 amide bonds. The summed E-state index contributed by atoms with van der Waals surface area (Å²) < 4.78 is 13.6. The largest absolute Gasteiger partial charge is 0.480 e. The third-order valence-corrected chi connectivity index (χ3v) is 3.59. The van der Waals surface area contributed by atoms with Crippen molar-refractivity contribution in [2.24, 2.45) is 5.92 Å². The van der Waals surface area contributed by atoms with Crippen molar-refractivity contribution in [3.63, 3.8) is 0 Å². The van der Waals surface area contributed by atoms with Gasteiger partial charge in [-0.1, -0.05) is 25.1 Å². The summed E-state index contributed by atoms with van der Waals surface area (Å²) in [7, 11) is 0. The van der Waals surface area contributed by atoms with Gasteiger partial charge in [0.25, 0.3) is 0 Å². The molecule has 1 aliphatic heterocycles. The molecule has 18 heavy (non-hydrogen) atoms. The number of carboxylic acid groups (broad SMARTS) is 1. The van der Waals surface area contributed by atoms with E-state index in [4.69, 9.17) is 0 Å². The van der Waals surface area contributed by atoms with Gasteiger partial charge in [-0.15, -0.1) is 0 Å². The molecule has 98 valence electrons. The highest BCUT2D eigenvalue weighted by molar-refractivity contribution is 5.73. The number of piperidine rings is 1. The number of hydrogen-bond donors (Lipinski definition) is 1. The number of likely N-dealkylation sites (tertiary alicyclic amines) is 1. The molecule has 1 aromatic rings. The number of carboxylic acids is 1. The zero-order valence-electron chi connectivity index (χ0n) is 10.5. The van der Waals surface area contributed by atoms with Crippen molar-refractivity contribution in [2.75, 3.05) is 6.54 Å². The van der Waals surface area contributed by atoms with Gasteiger partial charge >= 0.3 is 5.97 Å². The van der Waals surface area contributed by atoms with Gasteiger partial charge in [0.05, 0.1) is 0 Å². The lowest BCUT2D eigenvalue weighted by atomic mass is 9.92. The second-order valence-electron chi connectivity index (χ2n) is 5.05. The van der Waals surface area contributed by atoms with Crippen molar-refractivity contribution in [1.29, 1.82) is 0 Å². The number of carbonyl (C=O) groups is 1. The van der Waals surface area contributed by atoms with Gasteiger partial charge in [-0.2, -0.15) is 0 Å². The van der Waals surface area contributed by atoms with Gasteiger partial charge in [-0.05, 0) is 31.4 Å². The molecule has 0 spiro atoms. The third-order valence-electron chi connectivity index (χ3n) is 3.59. The summed E-state index contributed by atoms with van der Waals surface area (Å²) in [5, 5.41) is 9.24. The third kappa shape index (κ3) is 2.88. The van der Waals surface area contributed by atoms with Crippen LogP contribution in [-0.2, 0) is 11.3 Å². The Kier molecular flexibility index (Phi) is 3.97. The van der Waals surface area contributed by atoms with Crippen molar-refractivity contribution in [1.82, 2.24) is 4.90 Å². The predicted molar refractivity (Wildman–Crippen MR) is 66.6 cm³/mol. The molecule has 4 heteroatoms. The van der Waals surface area contributed by atoms with Crippen LogP contribution in [0.2, 0.25) is 0 Å². The maximum Gasteiger partial charge on any atom is 0.320 e. The van der Waals surface area contributed by atoms with Crippen LogP contribution in [-0.4, -0.2) is 28.6 Å². The van der Waals surface area contributed by atoms with Gasteiger partial charge < -0.3 is 5.11 Å². The molecule has 3 nitrogen and oxygen atoms in total. The lowest BCUT2D eigenvalue weighted by Crippen LogP contribution is -2.46. The van der Waals surface area contributed by atoms with Crippen LogP contribution < -0.4 is 0 Å².